The van der Waals surface area contributed by atoms with E-state index in [1.807, 2.05) is 6.08 Å². The van der Waals surface area contributed by atoms with Crippen LogP contribution in [0.3, 0.4) is 0 Å². The zero-order chi connectivity index (χ0) is 15.3. The minimum atomic E-state index is 0.492. The Morgan fingerprint density at radius 3 is 1.55 bits per heavy atom. The van der Waals surface area contributed by atoms with E-state index in [2.05, 4.69) is 34.3 Å². The fourth-order valence-corrected chi connectivity index (χ4v) is 2.59. The van der Waals surface area contributed by atoms with Crippen LogP contribution in [0.4, 0.5) is 0 Å². The maximum Gasteiger partial charge on any atom is -0.0353 e. The molecule has 0 aliphatic heterocycles. The predicted molar refractivity (Wildman–Crippen MR) is 94.2 cm³/mol. The molecule has 0 spiro atoms. The highest BCUT2D eigenvalue weighted by Crippen LogP contribution is 2.29. The molecule has 0 aromatic carbocycles. The van der Waals surface area contributed by atoms with E-state index in [1.54, 1.807) is 0 Å². The molecule has 1 unspecified atom stereocenters. The van der Waals surface area contributed by atoms with Crippen molar-refractivity contribution in [2.45, 2.75) is 105 Å². The van der Waals surface area contributed by atoms with Crippen LogP contribution < -0.4 is 0 Å². The van der Waals surface area contributed by atoms with E-state index in [1.165, 1.54) is 77.0 Å². The summed E-state index contributed by atoms with van der Waals surface area (Å²) in [4.78, 5) is 0. The molecule has 0 nitrogen and oxygen atoms in total. The summed E-state index contributed by atoms with van der Waals surface area (Å²) >= 11 is 0. The minimum absolute atomic E-state index is 0.492. The van der Waals surface area contributed by atoms with E-state index >= 15 is 0 Å². The molecule has 0 N–H and O–H groups in total. The third-order valence-electron chi connectivity index (χ3n) is 4.77. The molecule has 0 radical (unpaired) electrons. The highest BCUT2D eigenvalue weighted by molar-refractivity contribution is 4.69. The van der Waals surface area contributed by atoms with E-state index in [0.717, 1.165) is 5.92 Å². The summed E-state index contributed by atoms with van der Waals surface area (Å²) in [7, 11) is 0. The molecule has 0 aromatic rings. The second-order valence-electron chi connectivity index (χ2n) is 7.67. The average Bonchev–Trinajstić information content (AvgIpc) is 2.38. The molecule has 0 saturated heterocycles. The first-order chi connectivity index (χ1) is 9.48. The second kappa shape index (κ2) is 12.5. The Kier molecular flexibility index (Phi) is 12.3. The van der Waals surface area contributed by atoms with E-state index < -0.39 is 0 Å². The van der Waals surface area contributed by atoms with Crippen LogP contribution in [0.5, 0.6) is 0 Å². The zero-order valence-electron chi connectivity index (χ0n) is 14.8. The van der Waals surface area contributed by atoms with Crippen molar-refractivity contribution in [1.82, 2.24) is 0 Å². The summed E-state index contributed by atoms with van der Waals surface area (Å²) in [5.74, 6) is 0.859. The molecule has 1 atom stereocenters. The van der Waals surface area contributed by atoms with Gasteiger partial charge in [0, 0.05) is 0 Å². The molecule has 0 aliphatic carbocycles. The van der Waals surface area contributed by atoms with Crippen molar-refractivity contribution in [3.05, 3.63) is 12.7 Å². The normalized spacial score (nSPS) is 13.4. The molecule has 0 fully saturated rings. The lowest BCUT2D eigenvalue weighted by Gasteiger charge is -2.27. The summed E-state index contributed by atoms with van der Waals surface area (Å²) in [6, 6.07) is 0. The number of hydrogen-bond acceptors (Lipinski definition) is 0. The van der Waals surface area contributed by atoms with Crippen molar-refractivity contribution in [2.24, 2.45) is 11.3 Å². The van der Waals surface area contributed by atoms with Gasteiger partial charge in [0.25, 0.3) is 0 Å². The largest absolute Gasteiger partial charge is 0.103 e. The Labute approximate surface area is 129 Å². The Balaban J connectivity index is 3.15. The molecule has 20 heavy (non-hydrogen) atoms. The highest BCUT2D eigenvalue weighted by Gasteiger charge is 2.18. The lowest BCUT2D eigenvalue weighted by atomic mass is 9.79. The van der Waals surface area contributed by atoms with Crippen molar-refractivity contribution in [2.75, 3.05) is 0 Å². The van der Waals surface area contributed by atoms with Crippen molar-refractivity contribution < 1.29 is 0 Å². The zero-order valence-corrected chi connectivity index (χ0v) is 14.8. The van der Waals surface area contributed by atoms with Gasteiger partial charge in [0.15, 0.2) is 0 Å². The standard InChI is InChI=1S/C20H40/c1-6-7-8-9-10-11-12-13-14-15-16-17-18-19(2)20(3,4)5/h6,19H,1,7-18H2,2-5H3. The molecule has 120 valence electrons. The fraction of sp³-hybridized carbons (Fsp3) is 0.900. The third-order valence-corrected chi connectivity index (χ3v) is 4.77. The van der Waals surface area contributed by atoms with Crippen molar-refractivity contribution in [1.29, 1.82) is 0 Å². The summed E-state index contributed by atoms with van der Waals surface area (Å²) in [6.45, 7) is 13.3. The van der Waals surface area contributed by atoms with Crippen molar-refractivity contribution in [3.8, 4) is 0 Å². The van der Waals surface area contributed by atoms with Crippen molar-refractivity contribution in [3.63, 3.8) is 0 Å². The molecule has 0 heterocycles. The maximum atomic E-state index is 3.77. The van der Waals surface area contributed by atoms with E-state index in [9.17, 15) is 0 Å². The van der Waals surface area contributed by atoms with Crippen molar-refractivity contribution >= 4 is 0 Å². The van der Waals surface area contributed by atoms with Crippen LogP contribution in [0.1, 0.15) is 105 Å². The SMILES string of the molecule is C=CCCCCCCCCCCCCC(C)C(C)(C)C. The van der Waals surface area contributed by atoms with Crippen LogP contribution in [-0.4, -0.2) is 0 Å². The Morgan fingerprint density at radius 1 is 0.750 bits per heavy atom. The molecule has 0 aromatic heterocycles. The summed E-state index contributed by atoms with van der Waals surface area (Å²) in [5.41, 5.74) is 0.492. The number of hydrogen-bond donors (Lipinski definition) is 0. The van der Waals surface area contributed by atoms with Crippen LogP contribution in [0, 0.1) is 11.3 Å². The maximum absolute atomic E-state index is 3.77. The third kappa shape index (κ3) is 12.8. The molecular formula is C20H40. The lowest BCUT2D eigenvalue weighted by Crippen LogP contribution is -2.16. The predicted octanol–water partition coefficient (Wildman–Crippen LogP) is 7.54. The van der Waals surface area contributed by atoms with Gasteiger partial charge in [-0.15, -0.1) is 6.58 Å². The number of allylic oxidation sites excluding steroid dienone is 1. The Bertz CT molecular complexity index is 209. The smallest absolute Gasteiger partial charge is 0.0353 e. The Morgan fingerprint density at radius 2 is 1.15 bits per heavy atom. The molecule has 0 saturated carbocycles. The monoisotopic (exact) mass is 280 g/mol. The highest BCUT2D eigenvalue weighted by atomic mass is 14.2. The van der Waals surface area contributed by atoms with Gasteiger partial charge in [-0.1, -0.05) is 98.0 Å². The Hall–Kier alpha value is -0.260. The van der Waals surface area contributed by atoms with Crippen LogP contribution in [0.15, 0.2) is 12.7 Å². The van der Waals surface area contributed by atoms with E-state index in [4.69, 9.17) is 0 Å². The molecule has 0 rings (SSSR count). The van der Waals surface area contributed by atoms with E-state index in [0.29, 0.717) is 5.41 Å². The molecular weight excluding hydrogens is 240 g/mol. The van der Waals surface area contributed by atoms with Gasteiger partial charge in [-0.05, 0) is 24.2 Å². The van der Waals surface area contributed by atoms with Gasteiger partial charge < -0.3 is 0 Å². The van der Waals surface area contributed by atoms with Crippen LogP contribution in [0.2, 0.25) is 0 Å². The fourth-order valence-electron chi connectivity index (χ4n) is 2.59. The van der Waals surface area contributed by atoms with E-state index in [-0.39, 0.29) is 0 Å². The summed E-state index contributed by atoms with van der Waals surface area (Å²) < 4.78 is 0. The second-order valence-corrected chi connectivity index (χ2v) is 7.67. The van der Waals surface area contributed by atoms with Crippen LogP contribution in [0.25, 0.3) is 0 Å². The summed E-state index contributed by atoms with van der Waals surface area (Å²) in [6.07, 6.45) is 19.0. The van der Waals surface area contributed by atoms with Gasteiger partial charge in [-0.3, -0.25) is 0 Å². The molecule has 0 aliphatic rings. The first kappa shape index (κ1) is 19.7. The van der Waals surface area contributed by atoms with Gasteiger partial charge in [0.05, 0.1) is 0 Å². The molecule has 0 bridgehead atoms. The molecule has 0 heteroatoms. The quantitative estimate of drug-likeness (QED) is 0.241. The summed E-state index contributed by atoms with van der Waals surface area (Å²) in [5, 5.41) is 0. The number of unbranched alkanes of at least 4 members (excludes halogenated alkanes) is 10. The van der Waals surface area contributed by atoms with Gasteiger partial charge in [0.2, 0.25) is 0 Å². The van der Waals surface area contributed by atoms with Gasteiger partial charge in [-0.2, -0.15) is 0 Å². The van der Waals surface area contributed by atoms with Crippen LogP contribution in [-0.2, 0) is 0 Å². The van der Waals surface area contributed by atoms with Gasteiger partial charge in [-0.25, -0.2) is 0 Å². The average molecular weight is 281 g/mol. The lowest BCUT2D eigenvalue weighted by molar-refractivity contribution is 0.240. The first-order valence-corrected chi connectivity index (χ1v) is 9.09. The van der Waals surface area contributed by atoms with Gasteiger partial charge >= 0.3 is 0 Å². The molecule has 0 amide bonds. The minimum Gasteiger partial charge on any atom is -0.103 e. The van der Waals surface area contributed by atoms with Gasteiger partial charge in [0.1, 0.15) is 0 Å². The topological polar surface area (TPSA) is 0 Å². The number of rotatable bonds is 13. The first-order valence-electron chi connectivity index (χ1n) is 9.09. The van der Waals surface area contributed by atoms with Crippen LogP contribution >= 0.6 is 0 Å².